The number of aromatic nitrogens is 1. The monoisotopic (exact) mass is 474 g/mol. The Hall–Kier alpha value is -3.29. The van der Waals surface area contributed by atoms with Gasteiger partial charge in [0.25, 0.3) is 5.91 Å². The quantitative estimate of drug-likeness (QED) is 0.498. The van der Waals surface area contributed by atoms with Crippen LogP contribution in [0, 0.1) is 13.8 Å². The average Bonchev–Trinajstić information content (AvgIpc) is 3.55. The van der Waals surface area contributed by atoms with Gasteiger partial charge in [0.2, 0.25) is 5.78 Å². The van der Waals surface area contributed by atoms with Crippen LogP contribution in [0.2, 0.25) is 0 Å². The van der Waals surface area contributed by atoms with Crippen LogP contribution in [0.15, 0.2) is 65.9 Å². The highest BCUT2D eigenvalue weighted by atomic mass is 32.1. The molecule has 2 unspecified atom stereocenters. The highest BCUT2D eigenvalue weighted by molar-refractivity contribution is 7.17. The van der Waals surface area contributed by atoms with E-state index in [1.54, 1.807) is 11.8 Å². The van der Waals surface area contributed by atoms with Gasteiger partial charge in [-0.15, -0.1) is 11.3 Å². The van der Waals surface area contributed by atoms with Gasteiger partial charge in [-0.1, -0.05) is 54.6 Å². The maximum absolute atomic E-state index is 13.9. The largest absolute Gasteiger partial charge is 0.503 e. The molecule has 2 aliphatic rings. The number of benzene rings is 2. The van der Waals surface area contributed by atoms with Crippen molar-refractivity contribution >= 4 is 23.0 Å². The van der Waals surface area contributed by atoms with Crippen molar-refractivity contribution in [3.63, 3.8) is 0 Å². The number of hydrogen-bond acceptors (Lipinski definition) is 6. The fourth-order valence-electron chi connectivity index (χ4n) is 4.73. The van der Waals surface area contributed by atoms with E-state index in [0.717, 1.165) is 34.5 Å². The Morgan fingerprint density at radius 1 is 1.15 bits per heavy atom. The molecule has 2 aromatic carbocycles. The summed E-state index contributed by atoms with van der Waals surface area (Å²) in [5.74, 6) is -1.37. The number of carbonyl (C=O) groups excluding carboxylic acids is 2. The van der Waals surface area contributed by atoms with E-state index in [0.29, 0.717) is 23.7 Å². The Balaban J connectivity index is 1.57. The lowest BCUT2D eigenvalue weighted by Gasteiger charge is -2.29. The molecule has 1 saturated heterocycles. The minimum absolute atomic E-state index is 0.104. The molecule has 3 heterocycles. The molecule has 34 heavy (non-hydrogen) atoms. The molecule has 0 aliphatic carbocycles. The molecule has 2 aliphatic heterocycles. The lowest BCUT2D eigenvalue weighted by molar-refractivity contribution is -0.131. The second-order valence-corrected chi connectivity index (χ2v) is 9.74. The van der Waals surface area contributed by atoms with E-state index in [-0.39, 0.29) is 17.5 Å². The Labute approximate surface area is 202 Å². The number of carbonyl (C=O) groups is 2. The summed E-state index contributed by atoms with van der Waals surface area (Å²) in [6, 6.07) is 16.7. The van der Waals surface area contributed by atoms with Gasteiger partial charge in [0.15, 0.2) is 5.76 Å². The van der Waals surface area contributed by atoms with Crippen molar-refractivity contribution in [3.05, 3.63) is 87.6 Å². The van der Waals surface area contributed by atoms with E-state index >= 15 is 0 Å². The molecule has 6 nitrogen and oxygen atoms in total. The highest BCUT2D eigenvalue weighted by Gasteiger charge is 2.45. The van der Waals surface area contributed by atoms with E-state index in [2.05, 4.69) is 4.98 Å². The van der Waals surface area contributed by atoms with Gasteiger partial charge in [0.05, 0.1) is 28.3 Å². The molecular formula is C27H26N2O4S. The van der Waals surface area contributed by atoms with Crippen molar-refractivity contribution in [2.45, 2.75) is 38.8 Å². The second-order valence-electron chi connectivity index (χ2n) is 8.74. The van der Waals surface area contributed by atoms with Gasteiger partial charge in [-0.25, -0.2) is 4.98 Å². The first kappa shape index (κ1) is 22.5. The fourth-order valence-corrected chi connectivity index (χ4v) is 5.76. The third-order valence-electron chi connectivity index (χ3n) is 6.48. The first-order chi connectivity index (χ1) is 16.5. The predicted molar refractivity (Wildman–Crippen MR) is 131 cm³/mol. The summed E-state index contributed by atoms with van der Waals surface area (Å²) < 4.78 is 5.78. The van der Waals surface area contributed by atoms with Crippen molar-refractivity contribution in [3.8, 4) is 10.6 Å². The van der Waals surface area contributed by atoms with Crippen LogP contribution in [0.3, 0.4) is 0 Å². The molecule has 0 bridgehead atoms. The number of hydrogen-bond donors (Lipinski definition) is 1. The summed E-state index contributed by atoms with van der Waals surface area (Å²) in [7, 11) is 0. The number of nitrogens with zero attached hydrogens (tertiary/aromatic N) is 2. The van der Waals surface area contributed by atoms with Gasteiger partial charge in [0.1, 0.15) is 5.01 Å². The Kier molecular flexibility index (Phi) is 6.06. The normalized spacial score (nSPS) is 20.4. The summed E-state index contributed by atoms with van der Waals surface area (Å²) in [6.45, 7) is 4.73. The molecular weight excluding hydrogens is 448 g/mol. The predicted octanol–water partition coefficient (Wildman–Crippen LogP) is 5.18. The van der Waals surface area contributed by atoms with E-state index in [4.69, 9.17) is 4.74 Å². The number of aliphatic hydroxyl groups is 1. The standard InChI is InChI=1S/C27H26N2O4S/c1-16-9-6-7-13-20(16)22-21(24(31)27(32)29(22)15-19-12-8-14-33-19)23(30)25-17(2)28-26(34-25)18-10-4-3-5-11-18/h3-7,9-11,13,19,22,31H,8,12,14-15H2,1-2H3. The van der Waals surface area contributed by atoms with E-state index in [1.807, 2.05) is 61.5 Å². The number of rotatable bonds is 6. The summed E-state index contributed by atoms with van der Waals surface area (Å²) >= 11 is 1.29. The Morgan fingerprint density at radius 3 is 2.59 bits per heavy atom. The van der Waals surface area contributed by atoms with Crippen LogP contribution in [-0.4, -0.2) is 45.9 Å². The zero-order valence-corrected chi connectivity index (χ0v) is 20.0. The van der Waals surface area contributed by atoms with Crippen molar-refractivity contribution in [2.24, 2.45) is 0 Å². The average molecular weight is 475 g/mol. The van der Waals surface area contributed by atoms with Gasteiger partial charge in [-0.3, -0.25) is 9.59 Å². The topological polar surface area (TPSA) is 79.7 Å². The van der Waals surface area contributed by atoms with Crippen molar-refractivity contribution in [1.29, 1.82) is 0 Å². The summed E-state index contributed by atoms with van der Waals surface area (Å²) in [5, 5.41) is 11.7. The fraction of sp³-hybridized carbons (Fsp3) is 0.296. The highest BCUT2D eigenvalue weighted by Crippen LogP contribution is 2.42. The molecule has 174 valence electrons. The molecule has 5 rings (SSSR count). The van der Waals surface area contributed by atoms with Crippen LogP contribution in [0.5, 0.6) is 0 Å². The third kappa shape index (κ3) is 3.95. The van der Waals surface area contributed by atoms with Crippen LogP contribution in [0.1, 0.15) is 45.4 Å². The minimum atomic E-state index is -0.674. The number of thiazole rings is 1. The van der Waals surface area contributed by atoms with E-state index < -0.39 is 17.7 Å². The number of amides is 1. The van der Waals surface area contributed by atoms with Gasteiger partial charge < -0.3 is 14.7 Å². The van der Waals surface area contributed by atoms with Crippen LogP contribution in [0.4, 0.5) is 0 Å². The van der Waals surface area contributed by atoms with Crippen molar-refractivity contribution < 1.29 is 19.4 Å². The number of Topliss-reactive ketones (excluding diaryl/α,β-unsaturated/α-hetero) is 1. The molecule has 0 saturated carbocycles. The van der Waals surface area contributed by atoms with Gasteiger partial charge in [-0.05, 0) is 37.8 Å². The molecule has 2 atom stereocenters. The zero-order valence-electron chi connectivity index (χ0n) is 19.2. The van der Waals surface area contributed by atoms with Crippen molar-refractivity contribution in [1.82, 2.24) is 9.88 Å². The SMILES string of the molecule is Cc1ccccc1C1C(C(=O)c2sc(-c3ccccc3)nc2C)=C(O)C(=O)N1CC1CCCO1. The minimum Gasteiger partial charge on any atom is -0.503 e. The molecule has 1 N–H and O–H groups in total. The zero-order chi connectivity index (χ0) is 23.8. The van der Waals surface area contributed by atoms with Crippen LogP contribution >= 0.6 is 11.3 Å². The molecule has 7 heteroatoms. The Bertz CT molecular complexity index is 1270. The maximum atomic E-state index is 13.9. The van der Waals surface area contributed by atoms with Gasteiger partial charge in [-0.2, -0.15) is 0 Å². The smallest absolute Gasteiger partial charge is 0.290 e. The van der Waals surface area contributed by atoms with Gasteiger partial charge in [0, 0.05) is 18.7 Å². The molecule has 0 radical (unpaired) electrons. The van der Waals surface area contributed by atoms with Crippen LogP contribution in [0.25, 0.3) is 10.6 Å². The van der Waals surface area contributed by atoms with E-state index in [1.165, 1.54) is 11.3 Å². The van der Waals surface area contributed by atoms with Crippen LogP contribution < -0.4 is 0 Å². The maximum Gasteiger partial charge on any atom is 0.290 e. The molecule has 3 aromatic rings. The van der Waals surface area contributed by atoms with E-state index in [9.17, 15) is 14.7 Å². The van der Waals surface area contributed by atoms with Crippen molar-refractivity contribution in [2.75, 3.05) is 13.2 Å². The number of aliphatic hydroxyl groups excluding tert-OH is 1. The molecule has 1 aromatic heterocycles. The molecule has 1 amide bonds. The summed E-state index contributed by atoms with van der Waals surface area (Å²) in [6.07, 6.45) is 1.69. The summed E-state index contributed by atoms with van der Waals surface area (Å²) in [5.41, 5.74) is 3.40. The number of aryl methyl sites for hydroxylation is 2. The summed E-state index contributed by atoms with van der Waals surface area (Å²) in [4.78, 5) is 33.8. The lowest BCUT2D eigenvalue weighted by atomic mass is 9.92. The van der Waals surface area contributed by atoms with Crippen LogP contribution in [-0.2, 0) is 9.53 Å². The second kappa shape index (κ2) is 9.16. The first-order valence-electron chi connectivity index (χ1n) is 11.4. The third-order valence-corrected chi connectivity index (χ3v) is 7.68. The molecule has 1 fully saturated rings. The number of ether oxygens (including phenoxy) is 1. The number of ketones is 1. The molecule has 0 spiro atoms. The Morgan fingerprint density at radius 2 is 1.88 bits per heavy atom. The van der Waals surface area contributed by atoms with Gasteiger partial charge >= 0.3 is 0 Å². The lowest BCUT2D eigenvalue weighted by Crippen LogP contribution is -2.37. The first-order valence-corrected chi connectivity index (χ1v) is 12.3.